The molecule has 0 spiro atoms. The zero-order valence-electron chi connectivity index (χ0n) is 15.9. The summed E-state index contributed by atoms with van der Waals surface area (Å²) in [7, 11) is 0. The third-order valence-electron chi connectivity index (χ3n) is 5.01. The fraction of sp³-hybridized carbons (Fsp3) is 0.350. The van der Waals surface area contributed by atoms with Gasteiger partial charge < -0.3 is 19.9 Å². The molecule has 0 aliphatic carbocycles. The minimum atomic E-state index is -0.541. The SMILES string of the molecule is CCC1CN(c2ccc(C(=O)Nc3cn4cc(C)nc4cn3)c(F)c2)CCN1. The number of hydrogen-bond donors (Lipinski definition) is 2. The van der Waals surface area contributed by atoms with Crippen LogP contribution in [0.25, 0.3) is 5.65 Å². The summed E-state index contributed by atoms with van der Waals surface area (Å²) < 4.78 is 16.4. The van der Waals surface area contributed by atoms with Crippen LogP contribution in [0.5, 0.6) is 0 Å². The van der Waals surface area contributed by atoms with E-state index in [1.807, 2.05) is 13.1 Å². The maximum atomic E-state index is 14.7. The van der Waals surface area contributed by atoms with Crippen molar-refractivity contribution in [3.8, 4) is 0 Å². The zero-order chi connectivity index (χ0) is 19.7. The Morgan fingerprint density at radius 1 is 1.39 bits per heavy atom. The molecule has 1 aliphatic heterocycles. The van der Waals surface area contributed by atoms with Gasteiger partial charge in [-0.15, -0.1) is 0 Å². The van der Waals surface area contributed by atoms with Gasteiger partial charge in [-0.25, -0.2) is 14.4 Å². The van der Waals surface area contributed by atoms with E-state index < -0.39 is 11.7 Å². The first-order valence-electron chi connectivity index (χ1n) is 9.44. The summed E-state index contributed by atoms with van der Waals surface area (Å²) >= 11 is 0. The van der Waals surface area contributed by atoms with Gasteiger partial charge in [0, 0.05) is 37.6 Å². The molecule has 1 atom stereocenters. The molecule has 1 fully saturated rings. The van der Waals surface area contributed by atoms with Gasteiger partial charge >= 0.3 is 0 Å². The number of halogens is 1. The van der Waals surface area contributed by atoms with E-state index in [0.29, 0.717) is 17.5 Å². The summed E-state index contributed by atoms with van der Waals surface area (Å²) in [6, 6.07) is 5.16. The quantitative estimate of drug-likeness (QED) is 0.726. The monoisotopic (exact) mass is 382 g/mol. The average Bonchev–Trinajstić information content (AvgIpc) is 3.07. The van der Waals surface area contributed by atoms with E-state index in [4.69, 9.17) is 0 Å². The molecule has 1 saturated heterocycles. The lowest BCUT2D eigenvalue weighted by atomic mass is 10.1. The highest BCUT2D eigenvalue weighted by atomic mass is 19.1. The largest absolute Gasteiger partial charge is 0.369 e. The molecule has 146 valence electrons. The van der Waals surface area contributed by atoms with Crippen LogP contribution in [0.4, 0.5) is 15.9 Å². The van der Waals surface area contributed by atoms with Gasteiger partial charge in [0.1, 0.15) is 11.6 Å². The Bertz CT molecular complexity index is 1020. The number of benzene rings is 1. The Hall–Kier alpha value is -3.00. The number of imidazole rings is 1. The van der Waals surface area contributed by atoms with Crippen LogP contribution in [-0.4, -0.2) is 46.0 Å². The van der Waals surface area contributed by atoms with Crippen molar-refractivity contribution in [3.05, 3.63) is 53.9 Å². The number of aromatic nitrogens is 3. The van der Waals surface area contributed by atoms with Crippen molar-refractivity contribution in [2.75, 3.05) is 29.9 Å². The lowest BCUT2D eigenvalue weighted by Gasteiger charge is -2.35. The van der Waals surface area contributed by atoms with Crippen LogP contribution in [-0.2, 0) is 0 Å². The van der Waals surface area contributed by atoms with Crippen molar-refractivity contribution < 1.29 is 9.18 Å². The molecule has 2 N–H and O–H groups in total. The Labute approximate surface area is 162 Å². The minimum Gasteiger partial charge on any atom is -0.369 e. The molecule has 2 aromatic heterocycles. The number of carbonyl (C=O) groups is 1. The van der Waals surface area contributed by atoms with E-state index in [0.717, 1.165) is 37.4 Å². The Morgan fingerprint density at radius 3 is 3.04 bits per heavy atom. The Balaban J connectivity index is 1.50. The first kappa shape index (κ1) is 18.4. The smallest absolute Gasteiger partial charge is 0.259 e. The molecule has 1 aromatic carbocycles. The number of fused-ring (bicyclic) bond motifs is 1. The van der Waals surface area contributed by atoms with Crippen LogP contribution in [0, 0.1) is 12.7 Å². The number of carbonyl (C=O) groups excluding carboxylic acids is 1. The normalized spacial score (nSPS) is 17.1. The predicted octanol–water partition coefficient (Wildman–Crippen LogP) is 2.62. The second-order valence-corrected chi connectivity index (χ2v) is 7.04. The maximum absolute atomic E-state index is 14.7. The average molecular weight is 382 g/mol. The molecule has 1 aliphatic rings. The summed E-state index contributed by atoms with van der Waals surface area (Å²) in [4.78, 5) is 23.1. The van der Waals surface area contributed by atoms with Crippen LogP contribution < -0.4 is 15.5 Å². The lowest BCUT2D eigenvalue weighted by molar-refractivity contribution is 0.102. The van der Waals surface area contributed by atoms with Crippen molar-refractivity contribution in [1.29, 1.82) is 0 Å². The van der Waals surface area contributed by atoms with Crippen LogP contribution in [0.2, 0.25) is 0 Å². The summed E-state index contributed by atoms with van der Waals surface area (Å²) in [5.41, 5.74) is 2.33. The number of amides is 1. The lowest BCUT2D eigenvalue weighted by Crippen LogP contribution is -2.50. The Morgan fingerprint density at radius 2 is 2.25 bits per heavy atom. The van der Waals surface area contributed by atoms with Crippen molar-refractivity contribution in [2.45, 2.75) is 26.3 Å². The number of aryl methyl sites for hydroxylation is 1. The van der Waals surface area contributed by atoms with Crippen molar-refractivity contribution in [1.82, 2.24) is 19.7 Å². The first-order chi connectivity index (χ1) is 13.5. The fourth-order valence-corrected chi connectivity index (χ4v) is 3.49. The molecular weight excluding hydrogens is 359 g/mol. The van der Waals surface area contributed by atoms with Gasteiger partial charge in [0.2, 0.25) is 0 Å². The number of hydrogen-bond acceptors (Lipinski definition) is 5. The first-order valence-corrected chi connectivity index (χ1v) is 9.44. The number of anilines is 2. The van der Waals surface area contributed by atoms with Gasteiger partial charge in [0.25, 0.3) is 5.91 Å². The van der Waals surface area contributed by atoms with Crippen LogP contribution in [0.3, 0.4) is 0 Å². The number of piperazine rings is 1. The van der Waals surface area contributed by atoms with Gasteiger partial charge in [0.15, 0.2) is 5.65 Å². The third kappa shape index (κ3) is 3.68. The highest BCUT2D eigenvalue weighted by Crippen LogP contribution is 2.21. The van der Waals surface area contributed by atoms with Gasteiger partial charge in [-0.05, 0) is 31.5 Å². The van der Waals surface area contributed by atoms with Crippen molar-refractivity contribution >= 4 is 23.1 Å². The molecule has 1 unspecified atom stereocenters. The third-order valence-corrected chi connectivity index (χ3v) is 5.01. The molecule has 0 radical (unpaired) electrons. The van der Waals surface area contributed by atoms with Crippen LogP contribution in [0.15, 0.2) is 36.8 Å². The van der Waals surface area contributed by atoms with E-state index in [2.05, 4.69) is 32.4 Å². The molecule has 8 heteroatoms. The number of nitrogens with zero attached hydrogens (tertiary/aromatic N) is 4. The molecule has 0 bridgehead atoms. The van der Waals surface area contributed by atoms with E-state index in [1.165, 1.54) is 12.1 Å². The van der Waals surface area contributed by atoms with E-state index >= 15 is 0 Å². The highest BCUT2D eigenvalue weighted by Gasteiger charge is 2.20. The van der Waals surface area contributed by atoms with Crippen LogP contribution >= 0.6 is 0 Å². The maximum Gasteiger partial charge on any atom is 0.259 e. The van der Waals surface area contributed by atoms with E-state index in [-0.39, 0.29) is 5.56 Å². The summed E-state index contributed by atoms with van der Waals surface area (Å²) in [5.74, 6) is -0.730. The number of rotatable bonds is 4. The van der Waals surface area contributed by atoms with Gasteiger partial charge in [0.05, 0.1) is 23.7 Å². The highest BCUT2D eigenvalue weighted by molar-refractivity contribution is 6.04. The predicted molar refractivity (Wildman–Crippen MR) is 106 cm³/mol. The van der Waals surface area contributed by atoms with Crippen molar-refractivity contribution in [3.63, 3.8) is 0 Å². The second kappa shape index (κ2) is 7.55. The molecule has 7 nitrogen and oxygen atoms in total. The molecule has 1 amide bonds. The fourth-order valence-electron chi connectivity index (χ4n) is 3.49. The van der Waals surface area contributed by atoms with Gasteiger partial charge in [-0.3, -0.25) is 4.79 Å². The van der Waals surface area contributed by atoms with Crippen LogP contribution in [0.1, 0.15) is 29.4 Å². The summed E-state index contributed by atoms with van der Waals surface area (Å²) in [6.45, 7) is 6.52. The molecule has 3 aromatic rings. The molecular formula is C20H23FN6O. The topological polar surface area (TPSA) is 74.6 Å². The minimum absolute atomic E-state index is 0.00497. The molecule has 28 heavy (non-hydrogen) atoms. The zero-order valence-corrected chi connectivity index (χ0v) is 15.9. The summed E-state index contributed by atoms with van der Waals surface area (Å²) in [5, 5.41) is 6.09. The molecule has 3 heterocycles. The molecule has 4 rings (SSSR count). The van der Waals surface area contributed by atoms with E-state index in [9.17, 15) is 9.18 Å². The standard InChI is InChI=1S/C20H23FN6O/c1-3-14-11-26(7-6-22-14)15-4-5-16(17(21)8-15)20(28)25-18-12-27-10-13(2)24-19(27)9-23-18/h4-5,8-10,12,14,22H,3,6-7,11H2,1-2H3,(H,25,28). The van der Waals surface area contributed by atoms with Crippen molar-refractivity contribution in [2.24, 2.45) is 0 Å². The summed E-state index contributed by atoms with van der Waals surface area (Å²) in [6.07, 6.45) is 6.08. The Kier molecular flexibility index (Phi) is 4.95. The van der Waals surface area contributed by atoms with Gasteiger partial charge in [-0.1, -0.05) is 6.92 Å². The second-order valence-electron chi connectivity index (χ2n) is 7.04. The molecule has 0 saturated carbocycles. The van der Waals surface area contributed by atoms with E-state index in [1.54, 1.807) is 22.9 Å². The van der Waals surface area contributed by atoms with Gasteiger partial charge in [-0.2, -0.15) is 0 Å². The number of nitrogens with one attached hydrogen (secondary N) is 2.